The summed E-state index contributed by atoms with van der Waals surface area (Å²) >= 11 is 7.42. The first-order chi connectivity index (χ1) is 7.81. The maximum Gasteiger partial charge on any atom is 0.133 e. The lowest BCUT2D eigenvalue weighted by molar-refractivity contribution is 1.49. The Bertz CT molecular complexity index is 562. The lowest BCUT2D eigenvalue weighted by Gasteiger charge is -1.95. The van der Waals surface area contributed by atoms with E-state index in [9.17, 15) is 0 Å². The van der Waals surface area contributed by atoms with Gasteiger partial charge in [-0.05, 0) is 17.5 Å². The fourth-order valence-electron chi connectivity index (χ4n) is 1.19. The van der Waals surface area contributed by atoms with Crippen LogP contribution < -0.4 is 0 Å². The van der Waals surface area contributed by atoms with Crippen molar-refractivity contribution in [3.63, 3.8) is 0 Å². The minimum atomic E-state index is 0.591. The first-order valence-corrected chi connectivity index (χ1v) is 5.83. The van der Waals surface area contributed by atoms with Gasteiger partial charge in [-0.3, -0.25) is 0 Å². The van der Waals surface area contributed by atoms with Gasteiger partial charge in [-0.15, -0.1) is 11.3 Å². The van der Waals surface area contributed by atoms with E-state index in [4.69, 9.17) is 16.9 Å². The van der Waals surface area contributed by atoms with Gasteiger partial charge in [-0.25, -0.2) is 4.99 Å². The number of rotatable bonds is 2. The number of nitrogens with zero attached hydrogens (tertiary/aromatic N) is 2. The summed E-state index contributed by atoms with van der Waals surface area (Å²) in [4.78, 5) is 4.25. The van der Waals surface area contributed by atoms with Crippen molar-refractivity contribution in [3.8, 4) is 6.07 Å². The third-order valence-electron chi connectivity index (χ3n) is 1.99. The molecule has 0 saturated carbocycles. The molecule has 2 rings (SSSR count). The molecule has 78 valence electrons. The third-order valence-corrected chi connectivity index (χ3v) is 3.16. The summed E-state index contributed by atoms with van der Waals surface area (Å²) in [5.41, 5.74) is 1.44. The van der Waals surface area contributed by atoms with E-state index in [1.165, 1.54) is 11.3 Å². The quantitative estimate of drug-likeness (QED) is 0.737. The maximum atomic E-state index is 8.82. The molecule has 0 N–H and O–H groups in total. The van der Waals surface area contributed by atoms with Crippen LogP contribution in [-0.4, -0.2) is 6.21 Å². The second kappa shape index (κ2) is 4.93. The molecule has 1 heterocycles. The topological polar surface area (TPSA) is 36.1 Å². The second-order valence-electron chi connectivity index (χ2n) is 3.03. The van der Waals surface area contributed by atoms with Crippen LogP contribution in [0.5, 0.6) is 0 Å². The Balaban J connectivity index is 2.29. The third kappa shape index (κ3) is 2.30. The fraction of sp³-hybridized carbons (Fsp3) is 0. The van der Waals surface area contributed by atoms with Crippen LogP contribution in [0, 0.1) is 11.3 Å². The molecule has 0 atom stereocenters. The molecule has 2 nitrogen and oxygen atoms in total. The molecule has 0 spiro atoms. The lowest BCUT2D eigenvalue weighted by atomic mass is 10.2. The zero-order valence-electron chi connectivity index (χ0n) is 8.22. The molecule has 0 bridgehead atoms. The number of halogens is 1. The number of thiophene rings is 1. The standard InChI is InChI=1S/C12H7ClN2S/c13-11-4-2-1-3-10(11)8-15-12-9(7-14)5-6-16-12/h1-6,8H. The average molecular weight is 247 g/mol. The predicted octanol–water partition coefficient (Wildman–Crippen LogP) is 4.02. The Morgan fingerprint density at radius 3 is 2.88 bits per heavy atom. The fourth-order valence-corrected chi connectivity index (χ4v) is 2.07. The Morgan fingerprint density at radius 1 is 1.31 bits per heavy atom. The van der Waals surface area contributed by atoms with Crippen LogP contribution in [0.4, 0.5) is 5.00 Å². The van der Waals surface area contributed by atoms with Gasteiger partial charge in [0.2, 0.25) is 0 Å². The second-order valence-corrected chi connectivity index (χ2v) is 4.33. The van der Waals surface area contributed by atoms with Crippen molar-refractivity contribution in [1.82, 2.24) is 0 Å². The highest BCUT2D eigenvalue weighted by atomic mass is 35.5. The minimum Gasteiger partial charge on any atom is -0.244 e. The van der Waals surface area contributed by atoms with Crippen LogP contribution in [0.15, 0.2) is 40.7 Å². The van der Waals surface area contributed by atoms with Gasteiger partial charge in [0.05, 0.1) is 5.56 Å². The normalized spacial score (nSPS) is 10.5. The van der Waals surface area contributed by atoms with Crippen molar-refractivity contribution >= 4 is 34.2 Å². The van der Waals surface area contributed by atoms with Gasteiger partial charge in [-0.2, -0.15) is 5.26 Å². The molecule has 0 aliphatic heterocycles. The van der Waals surface area contributed by atoms with Crippen molar-refractivity contribution in [3.05, 3.63) is 51.9 Å². The molecule has 0 aliphatic rings. The molecule has 1 aromatic carbocycles. The van der Waals surface area contributed by atoms with Crippen molar-refractivity contribution in [2.75, 3.05) is 0 Å². The van der Waals surface area contributed by atoms with E-state index in [0.29, 0.717) is 15.6 Å². The number of hydrogen-bond acceptors (Lipinski definition) is 3. The number of aliphatic imine (C=N–C) groups is 1. The molecule has 2 aromatic rings. The average Bonchev–Trinajstić information content (AvgIpc) is 2.75. The highest BCUT2D eigenvalue weighted by Gasteiger charge is 2.00. The van der Waals surface area contributed by atoms with E-state index in [-0.39, 0.29) is 0 Å². The molecular weight excluding hydrogens is 240 g/mol. The zero-order chi connectivity index (χ0) is 11.4. The number of benzene rings is 1. The summed E-state index contributed by atoms with van der Waals surface area (Å²) in [5.74, 6) is 0. The Labute approximate surface area is 102 Å². The molecule has 0 aliphatic carbocycles. The first-order valence-electron chi connectivity index (χ1n) is 4.57. The van der Waals surface area contributed by atoms with Crippen LogP contribution in [-0.2, 0) is 0 Å². The van der Waals surface area contributed by atoms with Crippen LogP contribution in [0.1, 0.15) is 11.1 Å². The number of nitriles is 1. The molecule has 0 unspecified atom stereocenters. The van der Waals surface area contributed by atoms with Crippen molar-refractivity contribution in [2.24, 2.45) is 4.99 Å². The molecule has 0 amide bonds. The van der Waals surface area contributed by atoms with Gasteiger partial charge in [0.15, 0.2) is 0 Å². The summed E-state index contributed by atoms with van der Waals surface area (Å²) in [7, 11) is 0. The minimum absolute atomic E-state index is 0.591. The first kappa shape index (κ1) is 10.9. The Kier molecular flexibility index (Phi) is 3.35. The van der Waals surface area contributed by atoms with E-state index >= 15 is 0 Å². The maximum absolute atomic E-state index is 8.82. The predicted molar refractivity (Wildman–Crippen MR) is 67.7 cm³/mol. The van der Waals surface area contributed by atoms with E-state index in [1.807, 2.05) is 29.6 Å². The highest BCUT2D eigenvalue weighted by molar-refractivity contribution is 7.14. The van der Waals surface area contributed by atoms with Gasteiger partial charge in [0.1, 0.15) is 11.1 Å². The molecular formula is C12H7ClN2S. The summed E-state index contributed by atoms with van der Waals surface area (Å²) < 4.78 is 0. The Morgan fingerprint density at radius 2 is 2.12 bits per heavy atom. The Hall–Kier alpha value is -1.63. The molecule has 0 saturated heterocycles. The van der Waals surface area contributed by atoms with Gasteiger partial charge in [0.25, 0.3) is 0 Å². The summed E-state index contributed by atoms with van der Waals surface area (Å²) in [5, 5.41) is 12.0. The summed E-state index contributed by atoms with van der Waals surface area (Å²) in [6, 6.07) is 11.3. The molecule has 0 radical (unpaired) electrons. The van der Waals surface area contributed by atoms with Crippen LogP contribution in [0.25, 0.3) is 0 Å². The van der Waals surface area contributed by atoms with E-state index < -0.39 is 0 Å². The van der Waals surface area contributed by atoms with E-state index in [1.54, 1.807) is 12.3 Å². The van der Waals surface area contributed by atoms with Gasteiger partial charge in [0, 0.05) is 16.8 Å². The van der Waals surface area contributed by atoms with Crippen LogP contribution in [0.2, 0.25) is 5.02 Å². The van der Waals surface area contributed by atoms with Crippen LogP contribution >= 0.6 is 22.9 Å². The van der Waals surface area contributed by atoms with Gasteiger partial charge >= 0.3 is 0 Å². The van der Waals surface area contributed by atoms with Gasteiger partial charge in [-0.1, -0.05) is 29.8 Å². The monoisotopic (exact) mass is 246 g/mol. The smallest absolute Gasteiger partial charge is 0.133 e. The molecule has 4 heteroatoms. The largest absolute Gasteiger partial charge is 0.244 e. The van der Waals surface area contributed by atoms with Gasteiger partial charge < -0.3 is 0 Å². The van der Waals surface area contributed by atoms with E-state index in [0.717, 1.165) is 5.56 Å². The molecule has 1 aromatic heterocycles. The lowest BCUT2D eigenvalue weighted by Crippen LogP contribution is -1.80. The SMILES string of the molecule is N#Cc1ccsc1N=Cc1ccccc1Cl. The van der Waals surface area contributed by atoms with Crippen molar-refractivity contribution < 1.29 is 0 Å². The van der Waals surface area contributed by atoms with Crippen LogP contribution in [0.3, 0.4) is 0 Å². The molecule has 0 fully saturated rings. The van der Waals surface area contributed by atoms with Crippen molar-refractivity contribution in [2.45, 2.75) is 0 Å². The number of hydrogen-bond donors (Lipinski definition) is 0. The van der Waals surface area contributed by atoms with E-state index in [2.05, 4.69) is 11.1 Å². The zero-order valence-corrected chi connectivity index (χ0v) is 9.79. The molecule has 16 heavy (non-hydrogen) atoms. The van der Waals surface area contributed by atoms with Crippen molar-refractivity contribution in [1.29, 1.82) is 5.26 Å². The summed E-state index contributed by atoms with van der Waals surface area (Å²) in [6.45, 7) is 0. The summed E-state index contributed by atoms with van der Waals surface area (Å²) in [6.07, 6.45) is 1.68. The highest BCUT2D eigenvalue weighted by Crippen LogP contribution is 2.25.